The summed E-state index contributed by atoms with van der Waals surface area (Å²) in [6.07, 6.45) is 1.47. The molecule has 1 heterocycles. The Bertz CT molecular complexity index is 486. The van der Waals surface area contributed by atoms with Gasteiger partial charge in [0.15, 0.2) is 0 Å². The summed E-state index contributed by atoms with van der Waals surface area (Å²) in [4.78, 5) is 4.52. The number of aryl methyl sites for hydroxylation is 1. The van der Waals surface area contributed by atoms with Gasteiger partial charge in [0.2, 0.25) is 0 Å². The molecule has 0 aromatic carbocycles. The number of pyridine rings is 1. The van der Waals surface area contributed by atoms with Crippen LogP contribution in [0.3, 0.4) is 0 Å². The molecule has 108 valence electrons. The van der Waals surface area contributed by atoms with Gasteiger partial charge >= 0.3 is 0 Å². The summed E-state index contributed by atoms with van der Waals surface area (Å²) in [5.74, 6) is 0.485. The summed E-state index contributed by atoms with van der Waals surface area (Å²) in [5, 5.41) is 3.37. The molecule has 1 N–H and O–H groups in total. The molecule has 1 aromatic rings. The summed E-state index contributed by atoms with van der Waals surface area (Å²) >= 11 is 0. The van der Waals surface area contributed by atoms with Gasteiger partial charge in [-0.3, -0.25) is 4.98 Å². The first-order chi connectivity index (χ1) is 8.98. The number of nitrogens with zero attached hydrogens (tertiary/aromatic N) is 1. The van der Waals surface area contributed by atoms with Crippen LogP contribution < -0.4 is 5.32 Å². The Balaban J connectivity index is 2.63. The van der Waals surface area contributed by atoms with Gasteiger partial charge in [0.1, 0.15) is 9.84 Å². The fraction of sp³-hybridized carbons (Fsp3) is 0.643. The lowest BCUT2D eigenvalue weighted by molar-refractivity contribution is 0.495. The lowest BCUT2D eigenvalue weighted by Gasteiger charge is -2.17. The molecule has 1 rings (SSSR count). The topological polar surface area (TPSA) is 59.1 Å². The van der Waals surface area contributed by atoms with Crippen LogP contribution in [0.4, 0.5) is 0 Å². The molecule has 19 heavy (non-hydrogen) atoms. The number of hydrogen-bond acceptors (Lipinski definition) is 4. The average molecular weight is 284 g/mol. The first kappa shape index (κ1) is 16.1. The zero-order chi connectivity index (χ0) is 14.3. The Morgan fingerprint density at radius 1 is 1.32 bits per heavy atom. The third-order valence-electron chi connectivity index (χ3n) is 3.11. The Morgan fingerprint density at radius 2 is 2.05 bits per heavy atom. The van der Waals surface area contributed by atoms with E-state index in [1.807, 2.05) is 32.0 Å². The van der Waals surface area contributed by atoms with Crippen molar-refractivity contribution < 1.29 is 8.42 Å². The SMILES string of the molecule is CCNC(CCCS(=O)(=O)CC)c1cccc(C)n1. The molecule has 0 saturated heterocycles. The van der Waals surface area contributed by atoms with Crippen molar-refractivity contribution in [2.75, 3.05) is 18.1 Å². The molecule has 0 aliphatic carbocycles. The van der Waals surface area contributed by atoms with Gasteiger partial charge in [-0.25, -0.2) is 8.42 Å². The molecule has 0 saturated carbocycles. The number of rotatable bonds is 8. The molecule has 4 nitrogen and oxygen atoms in total. The summed E-state index contributed by atoms with van der Waals surface area (Å²) in [7, 11) is -2.87. The minimum Gasteiger partial charge on any atom is -0.309 e. The van der Waals surface area contributed by atoms with Crippen molar-refractivity contribution >= 4 is 9.84 Å². The lowest BCUT2D eigenvalue weighted by Crippen LogP contribution is -2.23. The first-order valence-corrected chi connectivity index (χ1v) is 8.68. The van der Waals surface area contributed by atoms with Gasteiger partial charge in [0, 0.05) is 17.5 Å². The molecule has 5 heteroatoms. The quantitative estimate of drug-likeness (QED) is 0.795. The Hall–Kier alpha value is -0.940. The molecule has 0 spiro atoms. The van der Waals surface area contributed by atoms with Crippen molar-refractivity contribution in [2.45, 2.75) is 39.7 Å². The van der Waals surface area contributed by atoms with E-state index in [0.29, 0.717) is 6.42 Å². The highest BCUT2D eigenvalue weighted by Gasteiger charge is 2.14. The number of nitrogens with one attached hydrogen (secondary N) is 1. The van der Waals surface area contributed by atoms with E-state index in [1.54, 1.807) is 6.92 Å². The number of hydrogen-bond donors (Lipinski definition) is 1. The maximum Gasteiger partial charge on any atom is 0.150 e. The van der Waals surface area contributed by atoms with Gasteiger partial charge in [0.25, 0.3) is 0 Å². The van der Waals surface area contributed by atoms with Crippen LogP contribution in [0.15, 0.2) is 18.2 Å². The minimum absolute atomic E-state index is 0.136. The summed E-state index contributed by atoms with van der Waals surface area (Å²) in [6.45, 7) is 6.56. The van der Waals surface area contributed by atoms with Crippen molar-refractivity contribution in [3.05, 3.63) is 29.6 Å². The van der Waals surface area contributed by atoms with E-state index in [4.69, 9.17) is 0 Å². The van der Waals surface area contributed by atoms with Crippen LogP contribution >= 0.6 is 0 Å². The van der Waals surface area contributed by atoms with E-state index in [2.05, 4.69) is 10.3 Å². The van der Waals surface area contributed by atoms with Crippen molar-refractivity contribution in [3.8, 4) is 0 Å². The van der Waals surface area contributed by atoms with Crippen LogP contribution in [0.25, 0.3) is 0 Å². The molecule has 1 atom stereocenters. The second-order valence-corrected chi connectivity index (χ2v) is 7.17. The van der Waals surface area contributed by atoms with Gasteiger partial charge in [0.05, 0.1) is 11.4 Å². The third kappa shape index (κ3) is 5.70. The molecule has 0 aliphatic heterocycles. The zero-order valence-electron chi connectivity index (χ0n) is 12.0. The van der Waals surface area contributed by atoms with Gasteiger partial charge < -0.3 is 5.32 Å². The van der Waals surface area contributed by atoms with Gasteiger partial charge in [-0.05, 0) is 38.4 Å². The van der Waals surface area contributed by atoms with Crippen molar-refractivity contribution in [1.82, 2.24) is 10.3 Å². The van der Waals surface area contributed by atoms with Crippen LogP contribution in [0.5, 0.6) is 0 Å². The van der Waals surface area contributed by atoms with E-state index in [-0.39, 0.29) is 17.5 Å². The third-order valence-corrected chi connectivity index (χ3v) is 4.90. The molecule has 1 aromatic heterocycles. The molecule has 1 unspecified atom stereocenters. The van der Waals surface area contributed by atoms with E-state index in [1.165, 1.54) is 0 Å². The normalized spacial score (nSPS) is 13.4. The predicted molar refractivity (Wildman–Crippen MR) is 79.0 cm³/mol. The van der Waals surface area contributed by atoms with Gasteiger partial charge in [-0.15, -0.1) is 0 Å². The van der Waals surface area contributed by atoms with Crippen LogP contribution in [-0.2, 0) is 9.84 Å². The highest BCUT2D eigenvalue weighted by Crippen LogP contribution is 2.17. The van der Waals surface area contributed by atoms with Crippen LogP contribution in [0.2, 0.25) is 0 Å². The number of sulfone groups is 1. The van der Waals surface area contributed by atoms with E-state index in [0.717, 1.165) is 24.4 Å². The Kier molecular flexibility index (Phi) is 6.45. The van der Waals surface area contributed by atoms with E-state index in [9.17, 15) is 8.42 Å². The van der Waals surface area contributed by atoms with Gasteiger partial charge in [-0.2, -0.15) is 0 Å². The maximum atomic E-state index is 11.5. The molecular weight excluding hydrogens is 260 g/mol. The second kappa shape index (κ2) is 7.60. The fourth-order valence-corrected chi connectivity index (χ4v) is 2.91. The van der Waals surface area contributed by atoms with Crippen LogP contribution in [-0.4, -0.2) is 31.5 Å². The minimum atomic E-state index is -2.87. The highest BCUT2D eigenvalue weighted by molar-refractivity contribution is 7.91. The summed E-state index contributed by atoms with van der Waals surface area (Å²) < 4.78 is 23.0. The maximum absolute atomic E-state index is 11.5. The van der Waals surface area contributed by atoms with E-state index >= 15 is 0 Å². The lowest BCUT2D eigenvalue weighted by atomic mass is 10.1. The van der Waals surface area contributed by atoms with Crippen LogP contribution in [0, 0.1) is 6.92 Å². The van der Waals surface area contributed by atoms with E-state index < -0.39 is 9.84 Å². The standard InChI is InChI=1S/C14H24N2O2S/c1-4-15-13(10-7-11-19(17,18)5-2)14-9-6-8-12(3)16-14/h6,8-9,13,15H,4-5,7,10-11H2,1-3H3. The zero-order valence-corrected chi connectivity index (χ0v) is 12.8. The molecule has 0 radical (unpaired) electrons. The van der Waals surface area contributed by atoms with Crippen molar-refractivity contribution in [2.24, 2.45) is 0 Å². The fourth-order valence-electron chi connectivity index (χ4n) is 2.01. The molecule has 0 aliphatic rings. The number of aromatic nitrogens is 1. The average Bonchev–Trinajstić information content (AvgIpc) is 2.37. The summed E-state index contributed by atoms with van der Waals surface area (Å²) in [6, 6.07) is 6.09. The summed E-state index contributed by atoms with van der Waals surface area (Å²) in [5.41, 5.74) is 1.98. The first-order valence-electron chi connectivity index (χ1n) is 6.86. The second-order valence-electron chi connectivity index (χ2n) is 4.69. The molecule has 0 bridgehead atoms. The van der Waals surface area contributed by atoms with Gasteiger partial charge in [-0.1, -0.05) is 19.9 Å². The molecular formula is C14H24N2O2S. The van der Waals surface area contributed by atoms with Crippen LogP contribution in [0.1, 0.15) is 44.1 Å². The Morgan fingerprint density at radius 3 is 2.63 bits per heavy atom. The molecule has 0 fully saturated rings. The smallest absolute Gasteiger partial charge is 0.150 e. The van der Waals surface area contributed by atoms with Crippen molar-refractivity contribution in [1.29, 1.82) is 0 Å². The predicted octanol–water partition coefficient (Wildman–Crippen LogP) is 2.26. The highest BCUT2D eigenvalue weighted by atomic mass is 32.2. The largest absolute Gasteiger partial charge is 0.309 e. The monoisotopic (exact) mass is 284 g/mol. The van der Waals surface area contributed by atoms with Crippen molar-refractivity contribution in [3.63, 3.8) is 0 Å². The molecule has 0 amide bonds. The Labute approximate surface area is 116 Å².